The summed E-state index contributed by atoms with van der Waals surface area (Å²) in [6.07, 6.45) is 0.484. The minimum absolute atomic E-state index is 0.118. The number of rotatable bonds is 7. The van der Waals surface area contributed by atoms with E-state index in [2.05, 4.69) is 10.6 Å². The molecule has 0 saturated heterocycles. The van der Waals surface area contributed by atoms with Crippen LogP contribution in [-0.2, 0) is 16.0 Å². The first kappa shape index (κ1) is 15.9. The standard InChI is InChI=1S/C13H18FN3O3/c1-20-11-3-2-9(6-10(11)14)4-5-16-13(19)8-17-12(18)7-15/h2-3,6H,4-5,7-8,15H2,1H3,(H,16,19)(H,17,18). The first-order valence-corrected chi connectivity index (χ1v) is 6.12. The highest BCUT2D eigenvalue weighted by Crippen LogP contribution is 2.17. The lowest BCUT2D eigenvalue weighted by atomic mass is 10.1. The van der Waals surface area contributed by atoms with Crippen LogP contribution in [0.25, 0.3) is 0 Å². The highest BCUT2D eigenvalue weighted by molar-refractivity contribution is 5.85. The molecule has 0 aliphatic carbocycles. The number of nitrogens with two attached hydrogens (primary N) is 1. The molecule has 1 aromatic rings. The highest BCUT2D eigenvalue weighted by Gasteiger charge is 2.05. The molecule has 0 heterocycles. The van der Waals surface area contributed by atoms with E-state index in [1.807, 2.05) is 0 Å². The molecule has 0 aromatic heterocycles. The third-order valence-corrected chi connectivity index (χ3v) is 2.58. The lowest BCUT2D eigenvalue weighted by Gasteiger charge is -2.07. The maximum absolute atomic E-state index is 13.4. The molecule has 0 fully saturated rings. The third kappa shape index (κ3) is 5.23. The smallest absolute Gasteiger partial charge is 0.239 e. The Labute approximate surface area is 116 Å². The van der Waals surface area contributed by atoms with Gasteiger partial charge in [0, 0.05) is 6.54 Å². The minimum atomic E-state index is -0.438. The summed E-state index contributed by atoms with van der Waals surface area (Å²) >= 11 is 0. The summed E-state index contributed by atoms with van der Waals surface area (Å²) in [7, 11) is 1.40. The van der Waals surface area contributed by atoms with Gasteiger partial charge in [-0.3, -0.25) is 9.59 Å². The topological polar surface area (TPSA) is 93.5 Å². The quantitative estimate of drug-likeness (QED) is 0.633. The van der Waals surface area contributed by atoms with Crippen molar-refractivity contribution in [3.05, 3.63) is 29.6 Å². The van der Waals surface area contributed by atoms with Crippen molar-refractivity contribution in [2.45, 2.75) is 6.42 Å². The largest absolute Gasteiger partial charge is 0.494 e. The van der Waals surface area contributed by atoms with Crippen molar-refractivity contribution in [3.63, 3.8) is 0 Å². The molecule has 1 rings (SSSR count). The van der Waals surface area contributed by atoms with Crippen LogP contribution in [0.15, 0.2) is 18.2 Å². The first-order chi connectivity index (χ1) is 9.56. The predicted molar refractivity (Wildman–Crippen MR) is 71.7 cm³/mol. The third-order valence-electron chi connectivity index (χ3n) is 2.58. The molecular weight excluding hydrogens is 265 g/mol. The molecule has 110 valence electrons. The number of benzene rings is 1. The van der Waals surface area contributed by atoms with Gasteiger partial charge in [0.15, 0.2) is 11.6 Å². The van der Waals surface area contributed by atoms with E-state index >= 15 is 0 Å². The van der Waals surface area contributed by atoms with E-state index in [4.69, 9.17) is 10.5 Å². The average Bonchev–Trinajstić information content (AvgIpc) is 2.45. The molecule has 0 spiro atoms. The van der Waals surface area contributed by atoms with Crippen LogP contribution < -0.4 is 21.1 Å². The summed E-state index contributed by atoms with van der Waals surface area (Å²) in [5, 5.41) is 4.96. The summed E-state index contributed by atoms with van der Waals surface area (Å²) in [6, 6.07) is 4.62. The first-order valence-electron chi connectivity index (χ1n) is 6.12. The average molecular weight is 283 g/mol. The Morgan fingerprint density at radius 3 is 2.65 bits per heavy atom. The lowest BCUT2D eigenvalue weighted by Crippen LogP contribution is -2.40. The van der Waals surface area contributed by atoms with Gasteiger partial charge in [0.2, 0.25) is 11.8 Å². The van der Waals surface area contributed by atoms with E-state index in [1.165, 1.54) is 19.2 Å². The van der Waals surface area contributed by atoms with Gasteiger partial charge < -0.3 is 21.1 Å². The SMILES string of the molecule is COc1ccc(CCNC(=O)CNC(=O)CN)cc1F. The van der Waals surface area contributed by atoms with E-state index < -0.39 is 11.7 Å². The van der Waals surface area contributed by atoms with Gasteiger partial charge in [-0.25, -0.2) is 4.39 Å². The maximum Gasteiger partial charge on any atom is 0.239 e. The summed E-state index contributed by atoms with van der Waals surface area (Å²) in [5.74, 6) is -0.966. The van der Waals surface area contributed by atoms with Crippen molar-refractivity contribution in [2.24, 2.45) is 5.73 Å². The number of carbonyl (C=O) groups is 2. The number of carbonyl (C=O) groups excluding carboxylic acids is 2. The summed E-state index contributed by atoms with van der Waals surface area (Å²) in [4.78, 5) is 22.2. The van der Waals surface area contributed by atoms with E-state index in [-0.39, 0.29) is 24.7 Å². The zero-order chi connectivity index (χ0) is 15.0. The molecule has 1 aromatic carbocycles. The van der Waals surface area contributed by atoms with Crippen LogP contribution in [0.5, 0.6) is 5.75 Å². The molecular formula is C13H18FN3O3. The molecule has 0 bridgehead atoms. The zero-order valence-electron chi connectivity index (χ0n) is 11.2. The van der Waals surface area contributed by atoms with Crippen molar-refractivity contribution in [2.75, 3.05) is 26.7 Å². The number of hydrogen-bond acceptors (Lipinski definition) is 4. The molecule has 20 heavy (non-hydrogen) atoms. The molecule has 0 atom stereocenters. The second-order valence-electron chi connectivity index (χ2n) is 4.05. The van der Waals surface area contributed by atoms with Crippen LogP contribution in [0.3, 0.4) is 0 Å². The van der Waals surface area contributed by atoms with E-state index in [0.717, 1.165) is 5.56 Å². The summed E-state index contributed by atoms with van der Waals surface area (Å²) < 4.78 is 18.2. The molecule has 0 saturated carbocycles. The minimum Gasteiger partial charge on any atom is -0.494 e. The second kappa shape index (κ2) is 8.11. The van der Waals surface area contributed by atoms with Crippen LogP contribution in [0.4, 0.5) is 4.39 Å². The Kier molecular flexibility index (Phi) is 6.45. The van der Waals surface area contributed by atoms with Gasteiger partial charge in [0.05, 0.1) is 20.2 Å². The number of halogens is 1. The van der Waals surface area contributed by atoms with Crippen molar-refractivity contribution >= 4 is 11.8 Å². The lowest BCUT2D eigenvalue weighted by molar-refractivity contribution is -0.125. The molecule has 6 nitrogen and oxygen atoms in total. The number of amides is 2. The molecule has 0 unspecified atom stereocenters. The summed E-state index contributed by atoms with van der Waals surface area (Å²) in [6.45, 7) is 0.0779. The van der Waals surface area contributed by atoms with Gasteiger partial charge in [-0.1, -0.05) is 6.07 Å². The molecule has 0 aliphatic heterocycles. The van der Waals surface area contributed by atoms with Gasteiger partial charge in [-0.15, -0.1) is 0 Å². The maximum atomic E-state index is 13.4. The van der Waals surface area contributed by atoms with E-state index in [1.54, 1.807) is 6.07 Å². The molecule has 0 radical (unpaired) electrons. The highest BCUT2D eigenvalue weighted by atomic mass is 19.1. The molecule has 4 N–H and O–H groups in total. The van der Waals surface area contributed by atoms with Crippen molar-refractivity contribution < 1.29 is 18.7 Å². The van der Waals surface area contributed by atoms with Crippen molar-refractivity contribution in [1.82, 2.24) is 10.6 Å². The summed E-state index contributed by atoms with van der Waals surface area (Å²) in [5.41, 5.74) is 5.83. The van der Waals surface area contributed by atoms with E-state index in [0.29, 0.717) is 13.0 Å². The fourth-order valence-electron chi connectivity index (χ4n) is 1.53. The van der Waals surface area contributed by atoms with Gasteiger partial charge in [-0.05, 0) is 24.1 Å². The van der Waals surface area contributed by atoms with Crippen molar-refractivity contribution in [1.29, 1.82) is 0 Å². The Morgan fingerprint density at radius 2 is 2.05 bits per heavy atom. The zero-order valence-corrected chi connectivity index (χ0v) is 11.2. The number of methoxy groups -OCH3 is 1. The second-order valence-corrected chi connectivity index (χ2v) is 4.05. The van der Waals surface area contributed by atoms with Gasteiger partial charge in [0.25, 0.3) is 0 Å². The molecule has 7 heteroatoms. The Bertz CT molecular complexity index is 480. The number of hydrogen-bond donors (Lipinski definition) is 3. The van der Waals surface area contributed by atoms with E-state index in [9.17, 15) is 14.0 Å². The predicted octanol–water partition coefficient (Wildman–Crippen LogP) is -0.432. The van der Waals surface area contributed by atoms with Crippen LogP contribution in [0, 0.1) is 5.82 Å². The monoisotopic (exact) mass is 283 g/mol. The molecule has 2 amide bonds. The van der Waals surface area contributed by atoms with Gasteiger partial charge in [-0.2, -0.15) is 0 Å². The Balaban J connectivity index is 2.32. The Hall–Kier alpha value is -2.15. The van der Waals surface area contributed by atoms with Crippen molar-refractivity contribution in [3.8, 4) is 5.75 Å². The van der Waals surface area contributed by atoms with Crippen LogP contribution in [-0.4, -0.2) is 38.6 Å². The van der Waals surface area contributed by atoms with Crippen LogP contribution in [0.2, 0.25) is 0 Å². The Morgan fingerprint density at radius 1 is 1.30 bits per heavy atom. The molecule has 0 aliphatic rings. The normalized spacial score (nSPS) is 9.95. The fourth-order valence-corrected chi connectivity index (χ4v) is 1.53. The van der Waals surface area contributed by atoms with Gasteiger partial charge >= 0.3 is 0 Å². The van der Waals surface area contributed by atoms with Crippen LogP contribution in [0.1, 0.15) is 5.56 Å². The number of nitrogens with one attached hydrogen (secondary N) is 2. The van der Waals surface area contributed by atoms with Gasteiger partial charge in [0.1, 0.15) is 0 Å². The fraction of sp³-hybridized carbons (Fsp3) is 0.385. The number of ether oxygens (including phenoxy) is 1. The van der Waals surface area contributed by atoms with Crippen LogP contribution >= 0.6 is 0 Å².